The lowest BCUT2D eigenvalue weighted by atomic mass is 10.1. The molecule has 1 N–H and O–H groups in total. The fourth-order valence-electron chi connectivity index (χ4n) is 1.21. The Morgan fingerprint density at radius 2 is 2.15 bits per heavy atom. The third kappa shape index (κ3) is 1.28. The Bertz CT molecular complexity index is 407. The first-order chi connectivity index (χ1) is 6.29. The van der Waals surface area contributed by atoms with Crippen LogP contribution < -0.4 is 0 Å². The van der Waals surface area contributed by atoms with Crippen molar-refractivity contribution < 1.29 is 9.63 Å². The summed E-state index contributed by atoms with van der Waals surface area (Å²) < 4.78 is 4.95. The van der Waals surface area contributed by atoms with Crippen LogP contribution in [0.3, 0.4) is 0 Å². The molecule has 0 aliphatic rings. The summed E-state index contributed by atoms with van der Waals surface area (Å²) in [6.45, 7) is 1.84. The summed E-state index contributed by atoms with van der Waals surface area (Å²) in [7, 11) is 0. The van der Waals surface area contributed by atoms with E-state index in [2.05, 4.69) is 5.16 Å². The SMILES string of the molecule is Cc1cccc(-c2ccno2)c1O. The first-order valence-electron chi connectivity index (χ1n) is 3.98. The van der Waals surface area contributed by atoms with Crippen molar-refractivity contribution in [3.8, 4) is 17.1 Å². The van der Waals surface area contributed by atoms with Gasteiger partial charge in [-0.1, -0.05) is 17.3 Å². The fraction of sp³-hybridized carbons (Fsp3) is 0.100. The van der Waals surface area contributed by atoms with Gasteiger partial charge in [-0.15, -0.1) is 0 Å². The summed E-state index contributed by atoms with van der Waals surface area (Å²) in [4.78, 5) is 0. The molecule has 2 rings (SSSR count). The molecule has 0 spiro atoms. The normalized spacial score (nSPS) is 10.2. The van der Waals surface area contributed by atoms with Crippen LogP contribution in [0.15, 0.2) is 35.0 Å². The third-order valence-electron chi connectivity index (χ3n) is 1.94. The van der Waals surface area contributed by atoms with Crippen molar-refractivity contribution in [1.82, 2.24) is 5.16 Å². The van der Waals surface area contributed by atoms with Crippen LogP contribution in [0, 0.1) is 6.92 Å². The van der Waals surface area contributed by atoms with Gasteiger partial charge in [0, 0.05) is 6.07 Å². The van der Waals surface area contributed by atoms with Crippen LogP contribution in [0.2, 0.25) is 0 Å². The minimum absolute atomic E-state index is 0.249. The van der Waals surface area contributed by atoms with Crippen molar-refractivity contribution >= 4 is 0 Å². The van der Waals surface area contributed by atoms with Crippen LogP contribution in [0.1, 0.15) is 5.56 Å². The number of nitrogens with zero attached hydrogens (tertiary/aromatic N) is 1. The molecule has 0 bridgehead atoms. The van der Waals surface area contributed by atoms with Crippen molar-refractivity contribution in [3.63, 3.8) is 0 Å². The number of phenolic OH excluding ortho intramolecular Hbond substituents is 1. The lowest BCUT2D eigenvalue weighted by Crippen LogP contribution is -1.79. The highest BCUT2D eigenvalue weighted by Gasteiger charge is 2.08. The smallest absolute Gasteiger partial charge is 0.170 e. The molecule has 66 valence electrons. The summed E-state index contributed by atoms with van der Waals surface area (Å²) in [5.74, 6) is 0.834. The molecule has 0 unspecified atom stereocenters. The molecule has 0 saturated carbocycles. The molecule has 0 amide bonds. The van der Waals surface area contributed by atoms with Crippen LogP contribution in [0.25, 0.3) is 11.3 Å². The van der Waals surface area contributed by atoms with Crippen LogP contribution in [-0.4, -0.2) is 10.3 Å². The van der Waals surface area contributed by atoms with E-state index in [0.717, 1.165) is 5.56 Å². The Balaban J connectivity index is 2.59. The Hall–Kier alpha value is -1.77. The van der Waals surface area contributed by atoms with E-state index in [1.54, 1.807) is 18.3 Å². The molecule has 13 heavy (non-hydrogen) atoms. The average Bonchev–Trinajstić information content (AvgIpc) is 2.62. The summed E-state index contributed by atoms with van der Waals surface area (Å²) in [6.07, 6.45) is 1.55. The van der Waals surface area contributed by atoms with E-state index in [-0.39, 0.29) is 5.75 Å². The fourth-order valence-corrected chi connectivity index (χ4v) is 1.21. The summed E-state index contributed by atoms with van der Waals surface area (Å²) in [5, 5.41) is 13.3. The second-order valence-corrected chi connectivity index (χ2v) is 2.85. The molecule has 0 saturated heterocycles. The minimum atomic E-state index is 0.249. The number of hydrogen-bond donors (Lipinski definition) is 1. The molecule has 1 heterocycles. The second-order valence-electron chi connectivity index (χ2n) is 2.85. The number of benzene rings is 1. The van der Waals surface area contributed by atoms with Gasteiger partial charge in [0.05, 0.1) is 11.8 Å². The third-order valence-corrected chi connectivity index (χ3v) is 1.94. The van der Waals surface area contributed by atoms with E-state index in [1.165, 1.54) is 0 Å². The maximum Gasteiger partial charge on any atom is 0.170 e. The molecule has 0 radical (unpaired) electrons. The summed E-state index contributed by atoms with van der Waals surface area (Å²) >= 11 is 0. The van der Waals surface area contributed by atoms with Gasteiger partial charge in [0.1, 0.15) is 5.75 Å². The molecule has 2 aromatic rings. The van der Waals surface area contributed by atoms with Gasteiger partial charge in [-0.25, -0.2) is 0 Å². The summed E-state index contributed by atoms with van der Waals surface area (Å²) in [5.41, 5.74) is 1.51. The zero-order valence-electron chi connectivity index (χ0n) is 7.19. The van der Waals surface area contributed by atoms with Crippen LogP contribution in [0.5, 0.6) is 5.75 Å². The number of aromatic nitrogens is 1. The van der Waals surface area contributed by atoms with Crippen molar-refractivity contribution in [3.05, 3.63) is 36.0 Å². The van der Waals surface area contributed by atoms with Gasteiger partial charge in [0.25, 0.3) is 0 Å². The predicted octanol–water partition coefficient (Wildman–Crippen LogP) is 2.36. The highest BCUT2D eigenvalue weighted by molar-refractivity contribution is 5.66. The first-order valence-corrected chi connectivity index (χ1v) is 3.98. The molecule has 0 aliphatic heterocycles. The van der Waals surface area contributed by atoms with Crippen molar-refractivity contribution in [2.75, 3.05) is 0 Å². The van der Waals surface area contributed by atoms with E-state index in [9.17, 15) is 5.11 Å². The lowest BCUT2D eigenvalue weighted by molar-refractivity contribution is 0.425. The van der Waals surface area contributed by atoms with Crippen LogP contribution >= 0.6 is 0 Å². The maximum atomic E-state index is 9.68. The van der Waals surface area contributed by atoms with Gasteiger partial charge in [0.15, 0.2) is 5.76 Å². The van der Waals surface area contributed by atoms with Crippen LogP contribution in [0.4, 0.5) is 0 Å². The van der Waals surface area contributed by atoms with Gasteiger partial charge in [-0.05, 0) is 18.6 Å². The zero-order chi connectivity index (χ0) is 9.26. The predicted molar refractivity (Wildman–Crippen MR) is 48.3 cm³/mol. The van der Waals surface area contributed by atoms with Gasteiger partial charge in [-0.2, -0.15) is 0 Å². The molecule has 1 aromatic carbocycles. The second kappa shape index (κ2) is 2.94. The molecular weight excluding hydrogens is 166 g/mol. The largest absolute Gasteiger partial charge is 0.507 e. The topological polar surface area (TPSA) is 46.3 Å². The number of phenols is 1. The Morgan fingerprint density at radius 1 is 1.31 bits per heavy atom. The van der Waals surface area contributed by atoms with Gasteiger partial charge < -0.3 is 9.63 Å². The molecule has 3 nitrogen and oxygen atoms in total. The number of rotatable bonds is 1. The van der Waals surface area contributed by atoms with Gasteiger partial charge in [0.2, 0.25) is 0 Å². The Kier molecular flexibility index (Phi) is 1.77. The molecule has 0 atom stereocenters. The number of hydrogen-bond acceptors (Lipinski definition) is 3. The highest BCUT2D eigenvalue weighted by Crippen LogP contribution is 2.30. The molecule has 0 aliphatic carbocycles. The lowest BCUT2D eigenvalue weighted by Gasteiger charge is -2.02. The molecule has 3 heteroatoms. The molecular formula is C10H9NO2. The number of aromatic hydroxyl groups is 1. The van der Waals surface area contributed by atoms with Gasteiger partial charge in [-0.3, -0.25) is 0 Å². The van der Waals surface area contributed by atoms with E-state index in [1.807, 2.05) is 19.1 Å². The average molecular weight is 175 g/mol. The number of aryl methyl sites for hydroxylation is 1. The highest BCUT2D eigenvalue weighted by atomic mass is 16.5. The standard InChI is InChI=1S/C10H9NO2/c1-7-3-2-4-8(10(7)12)9-5-6-11-13-9/h2-6,12H,1H3. The number of para-hydroxylation sites is 1. The van der Waals surface area contributed by atoms with E-state index in [0.29, 0.717) is 11.3 Å². The summed E-state index contributed by atoms with van der Waals surface area (Å²) in [6, 6.07) is 7.22. The monoisotopic (exact) mass is 175 g/mol. The van der Waals surface area contributed by atoms with Gasteiger partial charge >= 0.3 is 0 Å². The Morgan fingerprint density at radius 3 is 2.85 bits per heavy atom. The Labute approximate surface area is 75.6 Å². The van der Waals surface area contributed by atoms with E-state index >= 15 is 0 Å². The zero-order valence-corrected chi connectivity index (χ0v) is 7.19. The van der Waals surface area contributed by atoms with E-state index < -0.39 is 0 Å². The maximum absolute atomic E-state index is 9.68. The quantitative estimate of drug-likeness (QED) is 0.723. The van der Waals surface area contributed by atoms with Crippen molar-refractivity contribution in [1.29, 1.82) is 0 Å². The minimum Gasteiger partial charge on any atom is -0.507 e. The van der Waals surface area contributed by atoms with Crippen molar-refractivity contribution in [2.24, 2.45) is 0 Å². The van der Waals surface area contributed by atoms with E-state index in [4.69, 9.17) is 4.52 Å². The molecule has 1 aromatic heterocycles. The first kappa shape index (κ1) is 7.86. The molecule has 0 fully saturated rings. The van der Waals surface area contributed by atoms with Crippen LogP contribution in [-0.2, 0) is 0 Å². The van der Waals surface area contributed by atoms with Crippen molar-refractivity contribution in [2.45, 2.75) is 6.92 Å².